The molecule has 0 saturated carbocycles. The number of halogens is 1. The van der Waals surface area contributed by atoms with E-state index < -0.39 is 11.5 Å². The van der Waals surface area contributed by atoms with Gasteiger partial charge in [-0.15, -0.1) is 0 Å². The van der Waals surface area contributed by atoms with E-state index in [0.29, 0.717) is 5.69 Å². The van der Waals surface area contributed by atoms with Crippen molar-refractivity contribution in [2.24, 2.45) is 0 Å². The van der Waals surface area contributed by atoms with Crippen molar-refractivity contribution in [3.8, 4) is 11.3 Å². The van der Waals surface area contributed by atoms with E-state index in [1.807, 2.05) is 6.92 Å². The van der Waals surface area contributed by atoms with E-state index in [-0.39, 0.29) is 17.4 Å². The average molecular weight is 351 g/mol. The Morgan fingerprint density at radius 1 is 1.08 bits per heavy atom. The third-order valence-corrected chi connectivity index (χ3v) is 4.38. The van der Waals surface area contributed by atoms with Crippen LogP contribution in [0.1, 0.15) is 28.9 Å². The third kappa shape index (κ3) is 3.54. The molecule has 5 nitrogen and oxygen atoms in total. The van der Waals surface area contributed by atoms with Crippen LogP contribution in [0.25, 0.3) is 11.3 Å². The first-order valence-electron chi connectivity index (χ1n) is 8.13. The van der Waals surface area contributed by atoms with Crippen molar-refractivity contribution in [2.45, 2.75) is 13.0 Å². The van der Waals surface area contributed by atoms with Gasteiger partial charge in [-0.3, -0.25) is 14.6 Å². The number of carbonyl (C=O) groups excluding carboxylic acids is 1. The molecule has 0 bridgehead atoms. The Morgan fingerprint density at radius 2 is 1.73 bits per heavy atom. The number of H-pyrrole nitrogens is 1. The fourth-order valence-corrected chi connectivity index (χ4v) is 2.67. The maximum absolute atomic E-state index is 13.1. The number of hydrogen-bond acceptors (Lipinski definition) is 3. The molecule has 1 aromatic carbocycles. The second kappa shape index (κ2) is 7.31. The molecule has 2 aromatic heterocycles. The number of nitrogens with zero attached hydrogens (tertiary/aromatic N) is 2. The zero-order valence-corrected chi connectivity index (χ0v) is 14.4. The van der Waals surface area contributed by atoms with Crippen LogP contribution in [0, 0.1) is 5.82 Å². The second-order valence-electron chi connectivity index (χ2n) is 5.99. The molecule has 0 fully saturated rings. The summed E-state index contributed by atoms with van der Waals surface area (Å²) in [6.07, 6.45) is 3.26. The number of nitrogens with one attached hydrogen (secondary N) is 1. The molecule has 26 heavy (non-hydrogen) atoms. The van der Waals surface area contributed by atoms with Crippen LogP contribution in [0.4, 0.5) is 4.39 Å². The van der Waals surface area contributed by atoms with Gasteiger partial charge in [0.15, 0.2) is 0 Å². The summed E-state index contributed by atoms with van der Waals surface area (Å²) in [5.41, 5.74) is 1.81. The largest absolute Gasteiger partial charge is 0.335 e. The monoisotopic (exact) mass is 351 g/mol. The lowest BCUT2D eigenvalue weighted by Gasteiger charge is -2.25. The van der Waals surface area contributed by atoms with Crippen LogP contribution in [-0.2, 0) is 0 Å². The first-order valence-corrected chi connectivity index (χ1v) is 8.13. The highest BCUT2D eigenvalue weighted by molar-refractivity contribution is 5.94. The normalized spacial score (nSPS) is 11.8. The number of hydrogen-bond donors (Lipinski definition) is 1. The summed E-state index contributed by atoms with van der Waals surface area (Å²) in [7, 11) is 1.62. The van der Waals surface area contributed by atoms with E-state index in [9.17, 15) is 14.0 Å². The van der Waals surface area contributed by atoms with Gasteiger partial charge in [-0.25, -0.2) is 4.39 Å². The van der Waals surface area contributed by atoms with Gasteiger partial charge >= 0.3 is 0 Å². The van der Waals surface area contributed by atoms with E-state index in [0.717, 1.165) is 11.1 Å². The van der Waals surface area contributed by atoms with Crippen LogP contribution in [-0.4, -0.2) is 27.8 Å². The van der Waals surface area contributed by atoms with E-state index in [2.05, 4.69) is 9.97 Å². The highest BCUT2D eigenvalue weighted by Gasteiger charge is 2.21. The van der Waals surface area contributed by atoms with Gasteiger partial charge in [-0.1, -0.05) is 12.1 Å². The topological polar surface area (TPSA) is 66.1 Å². The third-order valence-electron chi connectivity index (χ3n) is 4.38. The Kier molecular flexibility index (Phi) is 4.93. The Labute approximate surface area is 150 Å². The van der Waals surface area contributed by atoms with Gasteiger partial charge in [-0.2, -0.15) is 0 Å². The highest BCUT2D eigenvalue weighted by Crippen LogP contribution is 2.21. The molecular weight excluding hydrogens is 333 g/mol. The van der Waals surface area contributed by atoms with Gasteiger partial charge in [0.25, 0.3) is 11.5 Å². The van der Waals surface area contributed by atoms with Gasteiger partial charge in [0.05, 0.1) is 6.04 Å². The van der Waals surface area contributed by atoms with Crippen LogP contribution >= 0.6 is 0 Å². The number of aromatic amines is 1. The van der Waals surface area contributed by atoms with E-state index >= 15 is 0 Å². The van der Waals surface area contributed by atoms with Crippen LogP contribution < -0.4 is 5.56 Å². The molecule has 0 spiro atoms. The Balaban J connectivity index is 1.85. The minimum Gasteiger partial charge on any atom is -0.335 e. The number of amides is 1. The molecule has 1 N–H and O–H groups in total. The lowest BCUT2D eigenvalue weighted by atomic mass is 10.1. The van der Waals surface area contributed by atoms with Crippen LogP contribution in [0.2, 0.25) is 0 Å². The minimum absolute atomic E-state index is 0.0549. The van der Waals surface area contributed by atoms with Crippen LogP contribution in [0.3, 0.4) is 0 Å². The first-order chi connectivity index (χ1) is 12.5. The van der Waals surface area contributed by atoms with Crippen molar-refractivity contribution in [1.82, 2.24) is 14.9 Å². The molecule has 1 atom stereocenters. The van der Waals surface area contributed by atoms with Crippen molar-refractivity contribution in [3.05, 3.63) is 88.2 Å². The van der Waals surface area contributed by atoms with Crippen molar-refractivity contribution in [3.63, 3.8) is 0 Å². The highest BCUT2D eigenvalue weighted by atomic mass is 19.1. The predicted molar refractivity (Wildman–Crippen MR) is 97.2 cm³/mol. The minimum atomic E-state index is -0.456. The molecule has 6 heteroatoms. The molecule has 0 aliphatic heterocycles. The van der Waals surface area contributed by atoms with Crippen LogP contribution in [0.15, 0.2) is 65.7 Å². The summed E-state index contributed by atoms with van der Waals surface area (Å²) in [6, 6.07) is 12.4. The van der Waals surface area contributed by atoms with Crippen molar-refractivity contribution in [2.75, 3.05) is 7.05 Å². The molecule has 0 saturated heterocycles. The summed E-state index contributed by atoms with van der Waals surface area (Å²) >= 11 is 0. The number of rotatable bonds is 4. The quantitative estimate of drug-likeness (QED) is 0.783. The smallest absolute Gasteiger partial charge is 0.261 e. The van der Waals surface area contributed by atoms with Gasteiger partial charge in [-0.05, 0) is 48.9 Å². The Bertz CT molecular complexity index is 968. The van der Waals surface area contributed by atoms with Gasteiger partial charge < -0.3 is 9.88 Å². The van der Waals surface area contributed by atoms with E-state index in [4.69, 9.17) is 0 Å². The molecule has 0 aliphatic rings. The maximum Gasteiger partial charge on any atom is 0.261 e. The fourth-order valence-electron chi connectivity index (χ4n) is 2.67. The summed E-state index contributed by atoms with van der Waals surface area (Å²) in [6.45, 7) is 1.82. The van der Waals surface area contributed by atoms with Gasteiger partial charge in [0.2, 0.25) is 0 Å². The summed E-state index contributed by atoms with van der Waals surface area (Å²) in [5.74, 6) is -0.734. The zero-order chi connectivity index (χ0) is 18.7. The van der Waals surface area contributed by atoms with Crippen molar-refractivity contribution in [1.29, 1.82) is 0 Å². The standard InChI is InChI=1S/C20H18FN3O2/c1-13(14-3-5-16(21)6-4-14)24(2)20(26)17-7-8-18(23-19(17)25)15-9-11-22-12-10-15/h3-13H,1-2H3,(H,23,25)/t13-/m1/s1. The average Bonchev–Trinajstić information content (AvgIpc) is 2.67. The number of carbonyl (C=O) groups is 1. The van der Waals surface area contributed by atoms with Gasteiger partial charge in [0.1, 0.15) is 11.4 Å². The Hall–Kier alpha value is -3.28. The molecular formula is C20H18FN3O2. The SMILES string of the molecule is C[C@H](c1ccc(F)cc1)N(C)C(=O)c1ccc(-c2ccncc2)[nH]c1=O. The lowest BCUT2D eigenvalue weighted by Crippen LogP contribution is -2.33. The van der Waals surface area contributed by atoms with Crippen molar-refractivity contribution < 1.29 is 9.18 Å². The molecule has 3 rings (SSSR count). The molecule has 2 heterocycles. The maximum atomic E-state index is 13.1. The molecule has 0 unspecified atom stereocenters. The molecule has 1 amide bonds. The predicted octanol–water partition coefficient (Wildman–Crippen LogP) is 3.41. The summed E-state index contributed by atoms with van der Waals surface area (Å²) < 4.78 is 13.1. The summed E-state index contributed by atoms with van der Waals surface area (Å²) in [5, 5.41) is 0. The van der Waals surface area contributed by atoms with E-state index in [1.54, 1.807) is 49.8 Å². The molecule has 132 valence electrons. The number of benzene rings is 1. The molecule has 3 aromatic rings. The molecule has 0 radical (unpaired) electrons. The number of aromatic nitrogens is 2. The van der Waals surface area contributed by atoms with Gasteiger partial charge in [0, 0.05) is 30.7 Å². The number of pyridine rings is 2. The molecule has 0 aliphatic carbocycles. The fraction of sp³-hybridized carbons (Fsp3) is 0.150. The Morgan fingerprint density at radius 3 is 2.35 bits per heavy atom. The van der Waals surface area contributed by atoms with Crippen LogP contribution in [0.5, 0.6) is 0 Å². The van der Waals surface area contributed by atoms with E-state index in [1.165, 1.54) is 23.1 Å². The van der Waals surface area contributed by atoms with Crippen molar-refractivity contribution >= 4 is 5.91 Å². The lowest BCUT2D eigenvalue weighted by molar-refractivity contribution is 0.0741. The zero-order valence-electron chi connectivity index (χ0n) is 14.4. The second-order valence-corrected chi connectivity index (χ2v) is 5.99. The first kappa shape index (κ1) is 17.5. The summed E-state index contributed by atoms with van der Waals surface area (Å²) in [4.78, 5) is 33.2.